The van der Waals surface area contributed by atoms with Crippen molar-refractivity contribution in [1.82, 2.24) is 20.1 Å². The number of carbonyl (C=O) groups excluding carboxylic acids is 2. The Morgan fingerprint density at radius 3 is 2.59 bits per heavy atom. The molecule has 156 valence electrons. The quantitative estimate of drug-likeness (QED) is 0.677. The van der Waals surface area contributed by atoms with Crippen LogP contribution in [0.15, 0.2) is 34.7 Å². The van der Waals surface area contributed by atoms with E-state index in [2.05, 4.69) is 15.2 Å². The molecule has 0 bridgehead atoms. The van der Waals surface area contributed by atoms with Crippen LogP contribution in [-0.2, 0) is 9.53 Å². The van der Waals surface area contributed by atoms with Crippen molar-refractivity contribution in [2.24, 2.45) is 0 Å². The Kier molecular flexibility index (Phi) is 7.37. The van der Waals surface area contributed by atoms with E-state index in [1.165, 1.54) is 0 Å². The Labute approximate surface area is 170 Å². The summed E-state index contributed by atoms with van der Waals surface area (Å²) in [6, 6.07) is 9.54. The van der Waals surface area contributed by atoms with Crippen LogP contribution in [0.25, 0.3) is 11.5 Å². The fourth-order valence-electron chi connectivity index (χ4n) is 3.26. The zero-order chi connectivity index (χ0) is 20.6. The summed E-state index contributed by atoms with van der Waals surface area (Å²) in [5, 5.41) is 2.89. The number of nitrogens with one attached hydrogen (secondary N) is 1. The van der Waals surface area contributed by atoms with Crippen molar-refractivity contribution in [3.63, 3.8) is 0 Å². The predicted octanol–water partition coefficient (Wildman–Crippen LogP) is 1.56. The first kappa shape index (κ1) is 21.0. The molecule has 2 aromatic rings. The van der Waals surface area contributed by atoms with E-state index in [1.54, 1.807) is 18.9 Å². The van der Waals surface area contributed by atoms with Gasteiger partial charge in [-0.1, -0.05) is 18.2 Å². The summed E-state index contributed by atoms with van der Waals surface area (Å²) in [7, 11) is 1.64. The van der Waals surface area contributed by atoms with Crippen LogP contribution < -0.4 is 5.32 Å². The molecule has 0 saturated carbocycles. The van der Waals surface area contributed by atoms with Crippen LogP contribution in [0.1, 0.15) is 22.7 Å². The molecule has 1 aromatic heterocycles. The number of oxazole rings is 1. The zero-order valence-corrected chi connectivity index (χ0v) is 17.0. The lowest BCUT2D eigenvalue weighted by Gasteiger charge is -2.34. The minimum absolute atomic E-state index is 0.000674. The number of aromatic nitrogens is 1. The van der Waals surface area contributed by atoms with Crippen molar-refractivity contribution in [3.05, 3.63) is 41.8 Å². The molecule has 8 nitrogen and oxygen atoms in total. The van der Waals surface area contributed by atoms with Crippen LogP contribution in [0.3, 0.4) is 0 Å². The molecular weight excluding hydrogens is 372 g/mol. The maximum absolute atomic E-state index is 12.9. The number of aryl methyl sites for hydroxylation is 1. The highest BCUT2D eigenvalue weighted by molar-refractivity contribution is 5.93. The average molecular weight is 400 g/mol. The molecule has 8 heteroatoms. The lowest BCUT2D eigenvalue weighted by atomic mass is 10.2. The van der Waals surface area contributed by atoms with Crippen LogP contribution in [0, 0.1) is 6.92 Å². The van der Waals surface area contributed by atoms with Crippen LogP contribution in [0.2, 0.25) is 0 Å². The van der Waals surface area contributed by atoms with Crippen molar-refractivity contribution < 1.29 is 18.7 Å². The first-order valence-corrected chi connectivity index (χ1v) is 9.88. The molecule has 0 aliphatic carbocycles. The summed E-state index contributed by atoms with van der Waals surface area (Å²) in [5.74, 6) is 0.847. The van der Waals surface area contributed by atoms with E-state index in [9.17, 15) is 9.59 Å². The number of amides is 2. The van der Waals surface area contributed by atoms with E-state index in [0.717, 1.165) is 12.0 Å². The second-order valence-electron chi connectivity index (χ2n) is 7.05. The summed E-state index contributed by atoms with van der Waals surface area (Å²) in [6.07, 6.45) is 0.798. The number of carbonyl (C=O) groups is 2. The third-order valence-electron chi connectivity index (χ3n) is 4.89. The third-order valence-corrected chi connectivity index (χ3v) is 4.89. The van der Waals surface area contributed by atoms with Gasteiger partial charge in [0.05, 0.1) is 6.54 Å². The van der Waals surface area contributed by atoms with Gasteiger partial charge in [0.15, 0.2) is 5.69 Å². The summed E-state index contributed by atoms with van der Waals surface area (Å²) in [6.45, 7) is 5.77. The van der Waals surface area contributed by atoms with Gasteiger partial charge >= 0.3 is 0 Å². The number of hydrogen-bond acceptors (Lipinski definition) is 6. The van der Waals surface area contributed by atoms with E-state index >= 15 is 0 Å². The third kappa shape index (κ3) is 5.65. The SMILES string of the molecule is COCCCNC(=O)CN1CCN(C(=O)c2nc(-c3ccccc3)oc2C)CC1. The molecular formula is C21H28N4O4. The summed E-state index contributed by atoms with van der Waals surface area (Å²) < 4.78 is 10.7. The van der Waals surface area contributed by atoms with Gasteiger partial charge in [0.1, 0.15) is 5.76 Å². The predicted molar refractivity (Wildman–Crippen MR) is 109 cm³/mol. The number of piperazine rings is 1. The highest BCUT2D eigenvalue weighted by Gasteiger charge is 2.27. The molecule has 1 saturated heterocycles. The van der Waals surface area contributed by atoms with Gasteiger partial charge in [-0.05, 0) is 25.5 Å². The van der Waals surface area contributed by atoms with Gasteiger partial charge < -0.3 is 19.4 Å². The maximum Gasteiger partial charge on any atom is 0.276 e. The molecule has 1 fully saturated rings. The Morgan fingerprint density at radius 1 is 1.17 bits per heavy atom. The molecule has 1 aliphatic heterocycles. The fourth-order valence-corrected chi connectivity index (χ4v) is 3.26. The van der Waals surface area contributed by atoms with Gasteiger partial charge in [0.25, 0.3) is 5.91 Å². The highest BCUT2D eigenvalue weighted by atomic mass is 16.5. The molecule has 1 aromatic carbocycles. The Hall–Kier alpha value is -2.71. The molecule has 2 heterocycles. The van der Waals surface area contributed by atoms with Gasteiger partial charge in [0, 0.05) is 52.0 Å². The average Bonchev–Trinajstić information content (AvgIpc) is 3.13. The Bertz CT molecular complexity index is 813. The number of hydrogen-bond donors (Lipinski definition) is 1. The van der Waals surface area contributed by atoms with Gasteiger partial charge in [-0.3, -0.25) is 14.5 Å². The first-order chi connectivity index (χ1) is 14.1. The molecule has 1 aliphatic rings. The minimum Gasteiger partial charge on any atom is -0.441 e. The molecule has 1 N–H and O–H groups in total. The second kappa shape index (κ2) is 10.2. The van der Waals surface area contributed by atoms with E-state index < -0.39 is 0 Å². The van der Waals surface area contributed by atoms with E-state index in [4.69, 9.17) is 9.15 Å². The van der Waals surface area contributed by atoms with Gasteiger partial charge in [0.2, 0.25) is 11.8 Å². The first-order valence-electron chi connectivity index (χ1n) is 9.88. The summed E-state index contributed by atoms with van der Waals surface area (Å²) in [4.78, 5) is 33.1. The van der Waals surface area contributed by atoms with Gasteiger partial charge in [-0.15, -0.1) is 0 Å². The maximum atomic E-state index is 12.9. The smallest absolute Gasteiger partial charge is 0.276 e. The fraction of sp³-hybridized carbons (Fsp3) is 0.476. The van der Waals surface area contributed by atoms with Crippen LogP contribution in [0.4, 0.5) is 0 Å². The zero-order valence-electron chi connectivity index (χ0n) is 17.0. The largest absolute Gasteiger partial charge is 0.441 e. The molecule has 0 atom stereocenters. The van der Waals surface area contributed by atoms with Crippen molar-refractivity contribution in [2.75, 3.05) is 53.0 Å². The standard InChI is InChI=1S/C21H28N4O4/c1-16-19(23-20(29-16)17-7-4-3-5-8-17)21(27)25-12-10-24(11-13-25)15-18(26)22-9-6-14-28-2/h3-5,7-8H,6,9-15H2,1-2H3,(H,22,26). The van der Waals surface area contributed by atoms with Crippen molar-refractivity contribution in [2.45, 2.75) is 13.3 Å². The van der Waals surface area contributed by atoms with Crippen molar-refractivity contribution in [3.8, 4) is 11.5 Å². The normalized spacial score (nSPS) is 14.8. The van der Waals surface area contributed by atoms with E-state index in [1.807, 2.05) is 30.3 Å². The molecule has 0 unspecified atom stereocenters. The topological polar surface area (TPSA) is 87.9 Å². The Balaban J connectivity index is 1.50. The molecule has 0 spiro atoms. The monoisotopic (exact) mass is 400 g/mol. The second-order valence-corrected chi connectivity index (χ2v) is 7.05. The molecule has 3 rings (SSSR count). The molecule has 29 heavy (non-hydrogen) atoms. The van der Waals surface area contributed by atoms with Crippen molar-refractivity contribution >= 4 is 11.8 Å². The summed E-state index contributed by atoms with van der Waals surface area (Å²) in [5.41, 5.74) is 1.20. The number of methoxy groups -OCH3 is 1. The lowest BCUT2D eigenvalue weighted by molar-refractivity contribution is -0.122. The molecule has 0 radical (unpaired) electrons. The summed E-state index contributed by atoms with van der Waals surface area (Å²) >= 11 is 0. The minimum atomic E-state index is -0.128. The van der Waals surface area contributed by atoms with Gasteiger partial charge in [-0.25, -0.2) is 4.98 Å². The van der Waals surface area contributed by atoms with Crippen molar-refractivity contribution in [1.29, 1.82) is 0 Å². The number of benzene rings is 1. The van der Waals surface area contributed by atoms with Crippen LogP contribution in [-0.4, -0.2) is 79.6 Å². The highest BCUT2D eigenvalue weighted by Crippen LogP contribution is 2.22. The molecule has 2 amide bonds. The van der Waals surface area contributed by atoms with Crippen LogP contribution in [0.5, 0.6) is 0 Å². The number of rotatable bonds is 8. The number of ether oxygens (including phenoxy) is 1. The number of nitrogens with zero attached hydrogens (tertiary/aromatic N) is 3. The lowest BCUT2D eigenvalue weighted by Crippen LogP contribution is -2.51. The van der Waals surface area contributed by atoms with E-state index in [0.29, 0.717) is 63.2 Å². The van der Waals surface area contributed by atoms with E-state index in [-0.39, 0.29) is 11.8 Å². The van der Waals surface area contributed by atoms with Gasteiger partial charge in [-0.2, -0.15) is 0 Å². The van der Waals surface area contributed by atoms with Crippen LogP contribution >= 0.6 is 0 Å². The Morgan fingerprint density at radius 2 is 1.90 bits per heavy atom.